The molecule has 0 radical (unpaired) electrons. The first-order valence-electron chi connectivity index (χ1n) is 6.20. The summed E-state index contributed by atoms with van der Waals surface area (Å²) >= 11 is 3.54. The van der Waals surface area contributed by atoms with Gasteiger partial charge in [-0.15, -0.1) is 0 Å². The van der Waals surface area contributed by atoms with Crippen LogP contribution in [0.3, 0.4) is 0 Å². The number of rotatable bonds is 3. The molecule has 0 aliphatic rings. The fourth-order valence-corrected chi connectivity index (χ4v) is 2.14. The maximum absolute atomic E-state index is 9.46. The minimum Gasteiger partial charge on any atom is -0.457 e. The molecule has 19 heavy (non-hydrogen) atoms. The van der Waals surface area contributed by atoms with Gasteiger partial charge in [0.05, 0.1) is 6.10 Å². The van der Waals surface area contributed by atoms with Crippen molar-refractivity contribution in [3.05, 3.63) is 57.6 Å². The number of benzene rings is 2. The summed E-state index contributed by atoms with van der Waals surface area (Å²) in [6, 6.07) is 11.5. The molecule has 0 aliphatic heterocycles. The molecule has 1 unspecified atom stereocenters. The molecule has 0 heterocycles. The molecular weight excluding hydrogens is 304 g/mol. The van der Waals surface area contributed by atoms with Gasteiger partial charge in [0.1, 0.15) is 11.5 Å². The third-order valence-electron chi connectivity index (χ3n) is 3.01. The van der Waals surface area contributed by atoms with Crippen molar-refractivity contribution in [3.63, 3.8) is 0 Å². The topological polar surface area (TPSA) is 29.5 Å². The van der Waals surface area contributed by atoms with E-state index in [1.165, 1.54) is 0 Å². The number of aliphatic hydroxyl groups is 1. The van der Waals surface area contributed by atoms with E-state index in [1.807, 2.05) is 50.2 Å². The normalized spacial score (nSPS) is 12.3. The minimum atomic E-state index is -0.453. The average molecular weight is 321 g/mol. The number of halogens is 1. The molecule has 0 bridgehead atoms. The predicted molar refractivity (Wildman–Crippen MR) is 80.8 cm³/mol. The van der Waals surface area contributed by atoms with Gasteiger partial charge in [0.15, 0.2) is 0 Å². The Morgan fingerprint density at radius 2 is 1.53 bits per heavy atom. The molecule has 0 saturated carbocycles. The maximum atomic E-state index is 9.46. The first-order valence-corrected chi connectivity index (χ1v) is 6.99. The summed E-state index contributed by atoms with van der Waals surface area (Å²) in [6.45, 7) is 5.83. The number of ether oxygens (including phenoxy) is 1. The summed E-state index contributed by atoms with van der Waals surface area (Å²) in [5.41, 5.74) is 3.18. The van der Waals surface area contributed by atoms with E-state index < -0.39 is 6.10 Å². The van der Waals surface area contributed by atoms with Crippen LogP contribution >= 0.6 is 15.9 Å². The second kappa shape index (κ2) is 5.76. The summed E-state index contributed by atoms with van der Waals surface area (Å²) in [5, 5.41) is 9.46. The van der Waals surface area contributed by atoms with Crippen LogP contribution in [0.4, 0.5) is 0 Å². The lowest BCUT2D eigenvalue weighted by Crippen LogP contribution is -1.91. The largest absolute Gasteiger partial charge is 0.457 e. The molecule has 2 aromatic carbocycles. The van der Waals surface area contributed by atoms with Crippen LogP contribution in [0.15, 0.2) is 40.9 Å². The van der Waals surface area contributed by atoms with Crippen LogP contribution in [0.25, 0.3) is 0 Å². The van der Waals surface area contributed by atoms with E-state index in [4.69, 9.17) is 4.74 Å². The minimum absolute atomic E-state index is 0.453. The first-order chi connectivity index (χ1) is 8.97. The van der Waals surface area contributed by atoms with Gasteiger partial charge < -0.3 is 9.84 Å². The van der Waals surface area contributed by atoms with Crippen molar-refractivity contribution < 1.29 is 9.84 Å². The number of aryl methyl sites for hydroxylation is 2. The lowest BCUT2D eigenvalue weighted by molar-refractivity contribution is 0.199. The molecular formula is C16H17BrO2. The predicted octanol–water partition coefficient (Wildman–Crippen LogP) is 4.91. The molecule has 2 rings (SSSR count). The van der Waals surface area contributed by atoms with Crippen molar-refractivity contribution in [1.29, 1.82) is 0 Å². The lowest BCUT2D eigenvalue weighted by Gasteiger charge is -2.11. The second-order valence-corrected chi connectivity index (χ2v) is 5.51. The van der Waals surface area contributed by atoms with Crippen molar-refractivity contribution >= 4 is 15.9 Å². The summed E-state index contributed by atoms with van der Waals surface area (Å²) in [6.07, 6.45) is -0.453. The molecule has 100 valence electrons. The summed E-state index contributed by atoms with van der Waals surface area (Å²) < 4.78 is 6.94. The molecule has 0 saturated heterocycles. The van der Waals surface area contributed by atoms with E-state index in [0.717, 1.165) is 32.7 Å². The average Bonchev–Trinajstić information content (AvgIpc) is 2.36. The standard InChI is InChI=1S/C16H17BrO2/c1-10-8-15(9-11(2)16(10)17)19-14-6-4-13(5-7-14)12(3)18/h4-9,12,18H,1-3H3. The van der Waals surface area contributed by atoms with E-state index in [1.54, 1.807) is 6.92 Å². The van der Waals surface area contributed by atoms with Gasteiger partial charge in [0.2, 0.25) is 0 Å². The summed E-state index contributed by atoms with van der Waals surface area (Å²) in [5.74, 6) is 1.59. The molecule has 1 N–H and O–H groups in total. The molecule has 1 atom stereocenters. The van der Waals surface area contributed by atoms with Gasteiger partial charge in [0, 0.05) is 4.47 Å². The van der Waals surface area contributed by atoms with Crippen LogP contribution in [-0.4, -0.2) is 5.11 Å². The molecule has 0 fully saturated rings. The highest BCUT2D eigenvalue weighted by atomic mass is 79.9. The van der Waals surface area contributed by atoms with Crippen LogP contribution in [0.2, 0.25) is 0 Å². The highest BCUT2D eigenvalue weighted by Gasteiger charge is 2.05. The Morgan fingerprint density at radius 1 is 1.00 bits per heavy atom. The zero-order valence-electron chi connectivity index (χ0n) is 11.3. The van der Waals surface area contributed by atoms with E-state index in [0.29, 0.717) is 0 Å². The summed E-state index contributed by atoms with van der Waals surface area (Å²) in [4.78, 5) is 0. The van der Waals surface area contributed by atoms with Crippen molar-refractivity contribution in [1.82, 2.24) is 0 Å². The van der Waals surface area contributed by atoms with Gasteiger partial charge in [0.25, 0.3) is 0 Å². The van der Waals surface area contributed by atoms with Gasteiger partial charge in [-0.25, -0.2) is 0 Å². The molecule has 3 heteroatoms. The Labute approximate surface area is 122 Å². The maximum Gasteiger partial charge on any atom is 0.128 e. The third kappa shape index (κ3) is 3.37. The van der Waals surface area contributed by atoms with Crippen LogP contribution in [0.1, 0.15) is 29.7 Å². The van der Waals surface area contributed by atoms with Crippen molar-refractivity contribution in [2.24, 2.45) is 0 Å². The molecule has 0 amide bonds. The Balaban J connectivity index is 2.21. The highest BCUT2D eigenvalue weighted by molar-refractivity contribution is 9.10. The number of hydrogen-bond donors (Lipinski definition) is 1. The van der Waals surface area contributed by atoms with Crippen molar-refractivity contribution in [2.45, 2.75) is 26.9 Å². The second-order valence-electron chi connectivity index (χ2n) is 4.72. The van der Waals surface area contributed by atoms with E-state index in [9.17, 15) is 5.11 Å². The highest BCUT2D eigenvalue weighted by Crippen LogP contribution is 2.29. The Morgan fingerprint density at radius 3 is 2.00 bits per heavy atom. The smallest absolute Gasteiger partial charge is 0.128 e. The first kappa shape index (κ1) is 14.1. The van der Waals surface area contributed by atoms with Crippen molar-refractivity contribution in [2.75, 3.05) is 0 Å². The number of hydrogen-bond acceptors (Lipinski definition) is 2. The van der Waals surface area contributed by atoms with Crippen LogP contribution in [-0.2, 0) is 0 Å². The van der Waals surface area contributed by atoms with E-state index >= 15 is 0 Å². The van der Waals surface area contributed by atoms with Gasteiger partial charge in [-0.2, -0.15) is 0 Å². The van der Waals surface area contributed by atoms with E-state index in [2.05, 4.69) is 15.9 Å². The SMILES string of the molecule is Cc1cc(Oc2ccc(C(C)O)cc2)cc(C)c1Br. The molecule has 2 aromatic rings. The van der Waals surface area contributed by atoms with Gasteiger partial charge in [-0.05, 0) is 61.7 Å². The molecule has 0 aromatic heterocycles. The van der Waals surface area contributed by atoms with Crippen molar-refractivity contribution in [3.8, 4) is 11.5 Å². The lowest BCUT2D eigenvalue weighted by atomic mass is 10.1. The van der Waals surface area contributed by atoms with Gasteiger partial charge in [-0.1, -0.05) is 28.1 Å². The number of aliphatic hydroxyl groups excluding tert-OH is 1. The molecule has 0 spiro atoms. The van der Waals surface area contributed by atoms with E-state index in [-0.39, 0.29) is 0 Å². The Kier molecular flexibility index (Phi) is 4.27. The van der Waals surface area contributed by atoms with Crippen LogP contribution < -0.4 is 4.74 Å². The summed E-state index contributed by atoms with van der Waals surface area (Å²) in [7, 11) is 0. The van der Waals surface area contributed by atoms with Gasteiger partial charge >= 0.3 is 0 Å². The third-order valence-corrected chi connectivity index (χ3v) is 4.26. The van der Waals surface area contributed by atoms with Gasteiger partial charge in [-0.3, -0.25) is 0 Å². The molecule has 0 aliphatic carbocycles. The Bertz CT molecular complexity index is 551. The van der Waals surface area contributed by atoms with Crippen LogP contribution in [0, 0.1) is 13.8 Å². The zero-order valence-corrected chi connectivity index (χ0v) is 12.9. The monoisotopic (exact) mass is 320 g/mol. The fourth-order valence-electron chi connectivity index (χ4n) is 1.92. The Hall–Kier alpha value is -1.32. The zero-order chi connectivity index (χ0) is 14.0. The fraction of sp³-hybridized carbons (Fsp3) is 0.250. The molecule has 2 nitrogen and oxygen atoms in total. The van der Waals surface area contributed by atoms with Crippen LogP contribution in [0.5, 0.6) is 11.5 Å². The quantitative estimate of drug-likeness (QED) is 0.870.